The lowest BCUT2D eigenvalue weighted by Crippen LogP contribution is -2.54. The Bertz CT molecular complexity index is 1090. The van der Waals surface area contributed by atoms with E-state index in [0.29, 0.717) is 25.3 Å². The fraction of sp³-hybridized carbons (Fsp3) is 0.0500. The van der Waals surface area contributed by atoms with Crippen LogP contribution in [-0.4, -0.2) is 24.5 Å². The Kier molecular flexibility index (Phi) is 6.42. The number of barbiturate groups is 1. The molecule has 0 unspecified atom stereocenters. The third-order valence-electron chi connectivity index (χ3n) is 3.82. The van der Waals surface area contributed by atoms with Crippen molar-refractivity contribution in [1.29, 1.82) is 0 Å². The molecule has 1 heterocycles. The van der Waals surface area contributed by atoms with Gasteiger partial charge in [0.1, 0.15) is 17.9 Å². The second-order valence-electron chi connectivity index (χ2n) is 5.73. The number of carbonyl (C=O) groups excluding carboxylic acids is 3. The minimum absolute atomic E-state index is 0.00800. The van der Waals surface area contributed by atoms with Crippen molar-refractivity contribution < 1.29 is 19.1 Å². The molecule has 6 nitrogen and oxygen atoms in total. The Morgan fingerprint density at radius 2 is 1.86 bits per heavy atom. The maximum Gasteiger partial charge on any atom is 0.335 e. The number of halogens is 3. The average Bonchev–Trinajstić information content (AvgIpc) is 2.65. The van der Waals surface area contributed by atoms with Gasteiger partial charge in [0, 0.05) is 15.1 Å². The highest BCUT2D eigenvalue weighted by Gasteiger charge is 2.37. The van der Waals surface area contributed by atoms with Crippen LogP contribution in [0.1, 0.15) is 5.56 Å². The highest BCUT2D eigenvalue weighted by Crippen LogP contribution is 2.35. The Morgan fingerprint density at radius 1 is 1.17 bits per heavy atom. The van der Waals surface area contributed by atoms with Crippen molar-refractivity contribution in [3.05, 3.63) is 61.5 Å². The van der Waals surface area contributed by atoms with Crippen molar-refractivity contribution in [3.63, 3.8) is 0 Å². The number of anilines is 1. The first-order chi connectivity index (χ1) is 13.8. The van der Waals surface area contributed by atoms with Gasteiger partial charge in [-0.2, -0.15) is 0 Å². The zero-order valence-electron chi connectivity index (χ0n) is 14.5. The second-order valence-corrected chi connectivity index (χ2v) is 7.94. The molecule has 2 aromatic rings. The third kappa shape index (κ3) is 4.53. The van der Waals surface area contributed by atoms with Crippen molar-refractivity contribution in [2.45, 2.75) is 0 Å². The maximum absolute atomic E-state index is 13.0. The Balaban J connectivity index is 2.08. The van der Waals surface area contributed by atoms with E-state index >= 15 is 0 Å². The van der Waals surface area contributed by atoms with Crippen LogP contribution >= 0.6 is 43.5 Å². The number of rotatable bonds is 4. The fourth-order valence-corrected chi connectivity index (χ4v) is 4.09. The molecule has 146 valence electrons. The molecule has 1 saturated heterocycles. The lowest BCUT2D eigenvalue weighted by Gasteiger charge is -2.26. The van der Waals surface area contributed by atoms with Gasteiger partial charge in [0.2, 0.25) is 0 Å². The molecule has 0 radical (unpaired) electrons. The van der Waals surface area contributed by atoms with E-state index in [2.05, 4.69) is 43.1 Å². The zero-order chi connectivity index (χ0) is 21.1. The SMILES string of the molecule is C#CCOc1c(Br)cc(Br)cc1/C=C1\C(=O)NC(=O)N(c2ccc(Cl)cc2)C1=O. The number of carbonyl (C=O) groups is 3. The average molecular weight is 539 g/mol. The Labute approximate surface area is 188 Å². The van der Waals surface area contributed by atoms with E-state index in [1.807, 2.05) is 0 Å². The first-order valence-corrected chi connectivity index (χ1v) is 10.0. The summed E-state index contributed by atoms with van der Waals surface area (Å²) in [4.78, 5) is 38.5. The number of urea groups is 1. The van der Waals surface area contributed by atoms with Gasteiger partial charge in [0.15, 0.2) is 0 Å². The number of hydrogen-bond acceptors (Lipinski definition) is 4. The topological polar surface area (TPSA) is 75.7 Å². The van der Waals surface area contributed by atoms with Gasteiger partial charge >= 0.3 is 6.03 Å². The van der Waals surface area contributed by atoms with Gasteiger partial charge in [-0.15, -0.1) is 6.42 Å². The molecule has 0 saturated carbocycles. The highest BCUT2D eigenvalue weighted by molar-refractivity contribution is 9.11. The van der Waals surface area contributed by atoms with Gasteiger partial charge in [-0.3, -0.25) is 14.9 Å². The predicted octanol–water partition coefficient (Wildman–Crippen LogP) is 4.54. The van der Waals surface area contributed by atoms with Crippen LogP contribution in [0, 0.1) is 12.3 Å². The van der Waals surface area contributed by atoms with Gasteiger partial charge in [-0.1, -0.05) is 33.5 Å². The first kappa shape index (κ1) is 21.1. The summed E-state index contributed by atoms with van der Waals surface area (Å²) < 4.78 is 6.79. The van der Waals surface area contributed by atoms with Crippen molar-refractivity contribution in [2.24, 2.45) is 0 Å². The van der Waals surface area contributed by atoms with Crippen LogP contribution in [0.25, 0.3) is 6.08 Å². The molecule has 1 aliphatic rings. The molecule has 2 aromatic carbocycles. The maximum atomic E-state index is 13.0. The largest absolute Gasteiger partial charge is 0.479 e. The van der Waals surface area contributed by atoms with Gasteiger partial charge in [0.05, 0.1) is 10.2 Å². The summed E-state index contributed by atoms with van der Waals surface area (Å²) in [5.41, 5.74) is 0.454. The molecule has 3 rings (SSSR count). The van der Waals surface area contributed by atoms with E-state index in [4.69, 9.17) is 22.8 Å². The number of hydrogen-bond donors (Lipinski definition) is 1. The van der Waals surface area contributed by atoms with Crippen molar-refractivity contribution in [2.75, 3.05) is 11.5 Å². The third-order valence-corrected chi connectivity index (χ3v) is 5.12. The van der Waals surface area contributed by atoms with E-state index in [0.717, 1.165) is 4.90 Å². The molecular formula is C20H11Br2ClN2O4. The summed E-state index contributed by atoms with van der Waals surface area (Å²) in [5.74, 6) is 1.12. The van der Waals surface area contributed by atoms with Crippen LogP contribution in [0.15, 0.2) is 50.9 Å². The molecule has 4 amide bonds. The molecule has 1 aliphatic heterocycles. The van der Waals surface area contributed by atoms with Crippen LogP contribution < -0.4 is 15.0 Å². The molecule has 1 fully saturated rings. The van der Waals surface area contributed by atoms with E-state index in [1.165, 1.54) is 30.3 Å². The highest BCUT2D eigenvalue weighted by atomic mass is 79.9. The minimum Gasteiger partial charge on any atom is -0.479 e. The molecular weight excluding hydrogens is 527 g/mol. The summed E-state index contributed by atoms with van der Waals surface area (Å²) in [5, 5.41) is 2.61. The Hall–Kier alpha value is -2.60. The van der Waals surface area contributed by atoms with Gasteiger partial charge in [-0.25, -0.2) is 9.69 Å². The van der Waals surface area contributed by atoms with Crippen LogP contribution in [0.4, 0.5) is 10.5 Å². The van der Waals surface area contributed by atoms with Crippen LogP contribution in [-0.2, 0) is 9.59 Å². The van der Waals surface area contributed by atoms with Crippen molar-refractivity contribution in [1.82, 2.24) is 5.32 Å². The second kappa shape index (κ2) is 8.82. The molecule has 29 heavy (non-hydrogen) atoms. The summed E-state index contributed by atoms with van der Waals surface area (Å²) in [6.45, 7) is -0.00800. The number of amides is 4. The van der Waals surface area contributed by atoms with E-state index < -0.39 is 17.8 Å². The minimum atomic E-state index is -0.848. The number of imide groups is 2. The zero-order valence-corrected chi connectivity index (χ0v) is 18.5. The lowest BCUT2D eigenvalue weighted by atomic mass is 10.1. The monoisotopic (exact) mass is 536 g/mol. The normalized spacial score (nSPS) is 15.3. The van der Waals surface area contributed by atoms with E-state index in [9.17, 15) is 14.4 Å². The molecule has 0 spiro atoms. The van der Waals surface area contributed by atoms with Crippen LogP contribution in [0.2, 0.25) is 5.02 Å². The lowest BCUT2D eigenvalue weighted by molar-refractivity contribution is -0.122. The number of nitrogens with one attached hydrogen (secondary N) is 1. The summed E-state index contributed by atoms with van der Waals surface area (Å²) in [6.07, 6.45) is 6.60. The Morgan fingerprint density at radius 3 is 2.52 bits per heavy atom. The van der Waals surface area contributed by atoms with Gasteiger partial charge < -0.3 is 4.74 Å². The molecule has 0 bridgehead atoms. The van der Waals surface area contributed by atoms with Crippen molar-refractivity contribution in [3.8, 4) is 18.1 Å². The summed E-state index contributed by atoms with van der Waals surface area (Å²) in [6, 6.07) is 8.63. The van der Waals surface area contributed by atoms with E-state index in [-0.39, 0.29) is 17.9 Å². The molecule has 0 aromatic heterocycles. The van der Waals surface area contributed by atoms with E-state index in [1.54, 1.807) is 12.1 Å². The smallest absolute Gasteiger partial charge is 0.335 e. The fourth-order valence-electron chi connectivity index (χ4n) is 2.59. The summed E-state index contributed by atoms with van der Waals surface area (Å²) >= 11 is 12.6. The summed E-state index contributed by atoms with van der Waals surface area (Å²) in [7, 11) is 0. The quantitative estimate of drug-likeness (QED) is 0.352. The standard InChI is InChI=1S/C20H11Br2ClN2O4/c1-2-7-29-17-11(8-12(21)10-16(17)22)9-15-18(26)24-20(28)25(19(15)27)14-5-3-13(23)4-6-14/h1,3-6,8-10H,7H2,(H,24,26,28)/b15-9+. The first-order valence-electron chi connectivity index (χ1n) is 8.04. The number of terminal acetylenes is 1. The van der Waals surface area contributed by atoms with Crippen molar-refractivity contribution >= 4 is 73.1 Å². The van der Waals surface area contributed by atoms with Gasteiger partial charge in [0.25, 0.3) is 11.8 Å². The molecule has 1 N–H and O–H groups in total. The number of benzene rings is 2. The molecule has 0 atom stereocenters. The predicted molar refractivity (Wildman–Crippen MR) is 117 cm³/mol. The molecule has 9 heteroatoms. The number of nitrogens with zero attached hydrogens (tertiary/aromatic N) is 1. The van der Waals surface area contributed by atoms with Crippen LogP contribution in [0.5, 0.6) is 5.75 Å². The van der Waals surface area contributed by atoms with Crippen LogP contribution in [0.3, 0.4) is 0 Å². The number of ether oxygens (including phenoxy) is 1. The molecule has 0 aliphatic carbocycles. The van der Waals surface area contributed by atoms with Gasteiger partial charge in [-0.05, 0) is 58.4 Å².